The molecule has 1 aliphatic heterocycles. The number of hydrogen-bond donors (Lipinski definition) is 1. The zero-order chi connectivity index (χ0) is 10.8. The molecule has 0 aliphatic carbocycles. The summed E-state index contributed by atoms with van der Waals surface area (Å²) in [5.74, 6) is 0.153. The molecule has 1 aliphatic rings. The van der Waals surface area contributed by atoms with Crippen molar-refractivity contribution < 1.29 is 4.79 Å². The lowest BCUT2D eigenvalue weighted by Gasteiger charge is -2.33. The van der Waals surface area contributed by atoms with Crippen LogP contribution in [-0.2, 0) is 0 Å². The highest BCUT2D eigenvalue weighted by Crippen LogP contribution is 2.22. The highest BCUT2D eigenvalue weighted by molar-refractivity contribution is 9.10. The number of rotatable bonds is 1. The van der Waals surface area contributed by atoms with E-state index in [9.17, 15) is 4.79 Å². The molecular weight excluding hydrogens is 312 g/mol. The normalized spacial score (nSPS) is 20.4. The van der Waals surface area contributed by atoms with Crippen LogP contribution < -0.4 is 5.32 Å². The minimum atomic E-state index is 0. The predicted molar refractivity (Wildman–Crippen MR) is 72.6 cm³/mol. The van der Waals surface area contributed by atoms with Crippen LogP contribution in [0.2, 0.25) is 0 Å². The Balaban J connectivity index is 0.00000128. The van der Waals surface area contributed by atoms with Crippen LogP contribution in [0.1, 0.15) is 16.6 Å². The van der Waals surface area contributed by atoms with Gasteiger partial charge in [0.05, 0.1) is 4.88 Å². The second-order valence-electron chi connectivity index (χ2n) is 3.68. The Morgan fingerprint density at radius 3 is 3.00 bits per heavy atom. The van der Waals surface area contributed by atoms with Crippen molar-refractivity contribution in [1.82, 2.24) is 10.2 Å². The Bertz CT molecular complexity index is 371. The van der Waals surface area contributed by atoms with Gasteiger partial charge in [0.1, 0.15) is 0 Å². The zero-order valence-corrected chi connectivity index (χ0v) is 12.1. The molecule has 1 aromatic rings. The van der Waals surface area contributed by atoms with Crippen LogP contribution in [0.15, 0.2) is 15.9 Å². The first-order valence-corrected chi connectivity index (χ1v) is 6.61. The van der Waals surface area contributed by atoms with Crippen LogP contribution in [0, 0.1) is 0 Å². The van der Waals surface area contributed by atoms with Crippen LogP contribution in [0.4, 0.5) is 0 Å². The third kappa shape index (κ3) is 2.97. The molecule has 1 N–H and O–H groups in total. The summed E-state index contributed by atoms with van der Waals surface area (Å²) in [5.41, 5.74) is 0. The van der Waals surface area contributed by atoms with Crippen LogP contribution >= 0.6 is 39.7 Å². The van der Waals surface area contributed by atoms with E-state index in [0.29, 0.717) is 0 Å². The van der Waals surface area contributed by atoms with Crippen LogP contribution in [0.3, 0.4) is 0 Å². The summed E-state index contributed by atoms with van der Waals surface area (Å²) < 4.78 is 0.985. The minimum Gasteiger partial charge on any atom is -0.333 e. The third-order valence-electron chi connectivity index (χ3n) is 2.54. The molecule has 0 radical (unpaired) electrons. The minimum absolute atomic E-state index is 0. The number of carbonyl (C=O) groups excluding carboxylic acids is 1. The summed E-state index contributed by atoms with van der Waals surface area (Å²) >= 11 is 4.86. The van der Waals surface area contributed by atoms with E-state index >= 15 is 0 Å². The van der Waals surface area contributed by atoms with E-state index < -0.39 is 0 Å². The predicted octanol–water partition coefficient (Wildman–Crippen LogP) is 2.37. The maximum Gasteiger partial charge on any atom is 0.264 e. The van der Waals surface area contributed by atoms with E-state index in [-0.39, 0.29) is 24.4 Å². The van der Waals surface area contributed by atoms with E-state index in [1.165, 1.54) is 11.3 Å². The van der Waals surface area contributed by atoms with Crippen molar-refractivity contribution in [2.24, 2.45) is 0 Å². The molecule has 0 bridgehead atoms. The average molecular weight is 326 g/mol. The lowest BCUT2D eigenvalue weighted by molar-refractivity contribution is 0.0661. The smallest absolute Gasteiger partial charge is 0.264 e. The number of hydrogen-bond acceptors (Lipinski definition) is 3. The Hall–Kier alpha value is -0.100. The molecule has 1 aromatic heterocycles. The summed E-state index contributed by atoms with van der Waals surface area (Å²) in [7, 11) is 0. The van der Waals surface area contributed by atoms with E-state index in [0.717, 1.165) is 29.0 Å². The van der Waals surface area contributed by atoms with Crippen LogP contribution in [-0.4, -0.2) is 36.5 Å². The van der Waals surface area contributed by atoms with Gasteiger partial charge in [0.15, 0.2) is 0 Å². The molecule has 2 heterocycles. The lowest BCUT2D eigenvalue weighted by atomic mass is 10.2. The molecule has 1 amide bonds. The SMILES string of the molecule is CC1CNCCN1C(=O)c1cc(Br)cs1.Cl. The van der Waals surface area contributed by atoms with E-state index in [4.69, 9.17) is 0 Å². The van der Waals surface area contributed by atoms with Crippen molar-refractivity contribution in [2.45, 2.75) is 13.0 Å². The standard InChI is InChI=1S/C10H13BrN2OS.ClH/c1-7-5-12-2-3-13(7)10(14)9-4-8(11)6-15-9;/h4,6-7,12H,2-3,5H2,1H3;1H. The molecule has 90 valence electrons. The van der Waals surface area contributed by atoms with Gasteiger partial charge < -0.3 is 10.2 Å². The number of halogens is 2. The largest absolute Gasteiger partial charge is 0.333 e. The Kier molecular flexibility index (Phi) is 5.24. The molecule has 0 saturated carbocycles. The first-order valence-electron chi connectivity index (χ1n) is 4.94. The number of piperazine rings is 1. The van der Waals surface area contributed by atoms with Crippen LogP contribution in [0.25, 0.3) is 0 Å². The molecule has 16 heavy (non-hydrogen) atoms. The van der Waals surface area contributed by atoms with E-state index in [2.05, 4.69) is 28.2 Å². The number of nitrogens with one attached hydrogen (secondary N) is 1. The summed E-state index contributed by atoms with van der Waals surface area (Å²) in [4.78, 5) is 14.9. The molecule has 2 rings (SSSR count). The molecule has 0 aromatic carbocycles. The van der Waals surface area contributed by atoms with Gasteiger partial charge in [-0.05, 0) is 28.9 Å². The first-order chi connectivity index (χ1) is 7.18. The van der Waals surface area contributed by atoms with Crippen molar-refractivity contribution in [2.75, 3.05) is 19.6 Å². The topological polar surface area (TPSA) is 32.3 Å². The summed E-state index contributed by atoms with van der Waals surface area (Å²) in [6, 6.07) is 2.18. The van der Waals surface area contributed by atoms with Gasteiger partial charge in [-0.1, -0.05) is 0 Å². The molecule has 1 unspecified atom stereocenters. The van der Waals surface area contributed by atoms with Crippen LogP contribution in [0.5, 0.6) is 0 Å². The van der Waals surface area contributed by atoms with Crippen molar-refractivity contribution in [3.05, 3.63) is 20.8 Å². The van der Waals surface area contributed by atoms with Crippen molar-refractivity contribution in [1.29, 1.82) is 0 Å². The molecule has 3 nitrogen and oxygen atoms in total. The summed E-state index contributed by atoms with van der Waals surface area (Å²) in [5, 5.41) is 5.22. The number of nitrogens with zero attached hydrogens (tertiary/aromatic N) is 1. The monoisotopic (exact) mass is 324 g/mol. The van der Waals surface area contributed by atoms with Gasteiger partial charge in [0, 0.05) is 35.5 Å². The van der Waals surface area contributed by atoms with Gasteiger partial charge in [-0.2, -0.15) is 0 Å². The second-order valence-corrected chi connectivity index (χ2v) is 5.51. The van der Waals surface area contributed by atoms with E-state index in [1.807, 2.05) is 16.3 Å². The first kappa shape index (κ1) is 14.0. The Labute approximate surface area is 114 Å². The molecule has 6 heteroatoms. The maximum absolute atomic E-state index is 12.1. The van der Waals surface area contributed by atoms with Gasteiger partial charge in [0.2, 0.25) is 0 Å². The lowest BCUT2D eigenvalue weighted by Crippen LogP contribution is -2.52. The second kappa shape index (κ2) is 6.00. The number of carbonyl (C=O) groups is 1. The number of amides is 1. The summed E-state index contributed by atoms with van der Waals surface area (Å²) in [6.45, 7) is 4.66. The molecular formula is C10H14BrClN2OS. The zero-order valence-electron chi connectivity index (χ0n) is 8.90. The van der Waals surface area contributed by atoms with Crippen molar-refractivity contribution >= 4 is 45.6 Å². The number of thiophene rings is 1. The van der Waals surface area contributed by atoms with Gasteiger partial charge in [-0.15, -0.1) is 23.7 Å². The molecule has 1 saturated heterocycles. The fourth-order valence-electron chi connectivity index (χ4n) is 1.71. The fraction of sp³-hybridized carbons (Fsp3) is 0.500. The van der Waals surface area contributed by atoms with Crippen molar-refractivity contribution in [3.8, 4) is 0 Å². The Morgan fingerprint density at radius 1 is 1.69 bits per heavy atom. The maximum atomic E-state index is 12.1. The fourth-order valence-corrected chi connectivity index (χ4v) is 3.09. The summed E-state index contributed by atoms with van der Waals surface area (Å²) in [6.07, 6.45) is 0. The van der Waals surface area contributed by atoms with Gasteiger partial charge in [0.25, 0.3) is 5.91 Å². The average Bonchev–Trinajstić information content (AvgIpc) is 2.65. The molecule has 1 fully saturated rings. The van der Waals surface area contributed by atoms with Gasteiger partial charge >= 0.3 is 0 Å². The van der Waals surface area contributed by atoms with E-state index in [1.54, 1.807) is 0 Å². The highest BCUT2D eigenvalue weighted by atomic mass is 79.9. The van der Waals surface area contributed by atoms with Crippen molar-refractivity contribution in [3.63, 3.8) is 0 Å². The Morgan fingerprint density at radius 2 is 2.44 bits per heavy atom. The quantitative estimate of drug-likeness (QED) is 0.860. The molecule has 1 atom stereocenters. The van der Waals surface area contributed by atoms with Gasteiger partial charge in [-0.25, -0.2) is 0 Å². The van der Waals surface area contributed by atoms with Gasteiger partial charge in [-0.3, -0.25) is 4.79 Å². The molecule has 0 spiro atoms. The highest BCUT2D eigenvalue weighted by Gasteiger charge is 2.24. The third-order valence-corrected chi connectivity index (χ3v) is 4.22.